The molecule has 2 aromatic rings. The van der Waals surface area contributed by atoms with Crippen LogP contribution in [0.25, 0.3) is 0 Å². The summed E-state index contributed by atoms with van der Waals surface area (Å²) in [7, 11) is 0. The Morgan fingerprint density at radius 1 is 1.12 bits per heavy atom. The minimum atomic E-state index is -0.431. The van der Waals surface area contributed by atoms with Gasteiger partial charge in [-0.3, -0.25) is 0 Å². The number of H-pyrrole nitrogens is 2. The van der Waals surface area contributed by atoms with E-state index in [4.69, 9.17) is 0 Å². The van der Waals surface area contributed by atoms with E-state index in [2.05, 4.69) is 9.97 Å². The molecule has 0 fully saturated rings. The van der Waals surface area contributed by atoms with Gasteiger partial charge < -0.3 is 0 Å². The van der Waals surface area contributed by atoms with Gasteiger partial charge in [0.15, 0.2) is 0 Å². The topological polar surface area (TPSA) is 65.7 Å². The van der Waals surface area contributed by atoms with Crippen LogP contribution in [0.3, 0.4) is 0 Å². The molecule has 17 heavy (non-hydrogen) atoms. The first kappa shape index (κ1) is 11.9. The third-order valence-electron chi connectivity index (χ3n) is 2.32. The van der Waals surface area contributed by atoms with E-state index < -0.39 is 5.69 Å². The summed E-state index contributed by atoms with van der Waals surface area (Å²) < 4.78 is 1.90. The van der Waals surface area contributed by atoms with Gasteiger partial charge in [-0.05, 0) is 0 Å². The summed E-state index contributed by atoms with van der Waals surface area (Å²) in [4.78, 5) is 27.9. The number of hydrogen-bond donors (Lipinski definition) is 2. The zero-order valence-electron chi connectivity index (χ0n) is 9.32. The van der Waals surface area contributed by atoms with Crippen LogP contribution in [0.2, 0.25) is 0 Å². The molecule has 2 N–H and O–H groups in total. The molecule has 88 valence electrons. The Morgan fingerprint density at radius 2 is 1.82 bits per heavy atom. The second-order valence-electron chi connectivity index (χ2n) is 3.48. The molecule has 0 aliphatic heterocycles. The maximum absolute atomic E-state index is 11.6. The van der Waals surface area contributed by atoms with Crippen molar-refractivity contribution in [3.63, 3.8) is 0 Å². The zero-order valence-corrected chi connectivity index (χ0v) is 11.0. The van der Waals surface area contributed by atoms with Crippen molar-refractivity contribution < 1.29 is 0 Å². The van der Waals surface area contributed by atoms with E-state index in [1.54, 1.807) is 0 Å². The molecule has 0 saturated heterocycles. The Hall–Kier alpha value is -1.58. The van der Waals surface area contributed by atoms with Crippen molar-refractivity contribution in [1.82, 2.24) is 9.97 Å². The minimum absolute atomic E-state index is 0.0416. The average molecular weight is 295 g/mol. The number of benzene rings is 1. The van der Waals surface area contributed by atoms with Gasteiger partial charge >= 0.3 is 104 Å². The summed E-state index contributed by atoms with van der Waals surface area (Å²) in [6, 6.07) is 9.85. The quantitative estimate of drug-likeness (QED) is 0.734. The van der Waals surface area contributed by atoms with E-state index in [0.717, 1.165) is 9.05 Å². The molecule has 1 heterocycles. The molecule has 2 rings (SSSR count). The summed E-state index contributed by atoms with van der Waals surface area (Å²) in [5.41, 5.74) is -0.0301. The van der Waals surface area contributed by atoms with Crippen LogP contribution in [0.15, 0.2) is 39.9 Å². The van der Waals surface area contributed by atoms with Crippen LogP contribution in [-0.4, -0.2) is 24.9 Å². The Bertz CT molecular complexity index is 616. The number of aromatic amines is 2. The molecule has 0 atom stereocenters. The number of hydrogen-bond acceptors (Lipinski definition) is 2. The van der Waals surface area contributed by atoms with E-state index in [9.17, 15) is 9.59 Å². The van der Waals surface area contributed by atoms with Crippen molar-refractivity contribution in [2.24, 2.45) is 0 Å². The molecular formula is C12H12N2O2Se. The van der Waals surface area contributed by atoms with E-state index in [1.165, 1.54) is 0 Å². The Balaban J connectivity index is 2.45. The first-order valence-corrected chi connectivity index (χ1v) is 7.00. The van der Waals surface area contributed by atoms with Crippen LogP contribution in [0.5, 0.6) is 0 Å². The fourth-order valence-electron chi connectivity index (χ4n) is 1.51. The second-order valence-corrected chi connectivity index (χ2v) is 5.76. The van der Waals surface area contributed by atoms with Crippen molar-refractivity contribution in [3.05, 3.63) is 56.7 Å². The van der Waals surface area contributed by atoms with Gasteiger partial charge in [0, 0.05) is 0 Å². The van der Waals surface area contributed by atoms with Crippen LogP contribution in [0.4, 0.5) is 0 Å². The standard InChI is InChI=1S/C12H12N2O2Se/c1-2-9-10(15)13-12(16)14-11(9)17-8-6-4-3-5-7-8/h3-7H,2H2,1H3,(H2,13,14,15,16). The van der Waals surface area contributed by atoms with Crippen molar-refractivity contribution in [3.8, 4) is 0 Å². The molecule has 1 aromatic heterocycles. The van der Waals surface area contributed by atoms with E-state index in [-0.39, 0.29) is 20.5 Å². The monoisotopic (exact) mass is 296 g/mol. The number of nitrogens with one attached hydrogen (secondary N) is 2. The maximum atomic E-state index is 11.6. The third kappa shape index (κ3) is 2.75. The molecule has 0 aliphatic carbocycles. The zero-order chi connectivity index (χ0) is 12.3. The molecule has 1 aromatic carbocycles. The molecule has 0 aliphatic rings. The fraction of sp³-hybridized carbons (Fsp3) is 0.167. The van der Waals surface area contributed by atoms with Crippen molar-refractivity contribution >= 4 is 24.0 Å². The first-order valence-electron chi connectivity index (χ1n) is 5.29. The Morgan fingerprint density at radius 3 is 2.47 bits per heavy atom. The second kappa shape index (κ2) is 5.17. The summed E-state index contributed by atoms with van der Waals surface area (Å²) in [6.45, 7) is 1.91. The summed E-state index contributed by atoms with van der Waals surface area (Å²) in [5, 5.41) is 0. The normalized spacial score (nSPS) is 10.4. The van der Waals surface area contributed by atoms with Gasteiger partial charge in [0.05, 0.1) is 0 Å². The van der Waals surface area contributed by atoms with Gasteiger partial charge in [0.2, 0.25) is 0 Å². The van der Waals surface area contributed by atoms with Gasteiger partial charge in [-0.2, -0.15) is 0 Å². The Kier molecular flexibility index (Phi) is 3.61. The van der Waals surface area contributed by atoms with Crippen LogP contribution in [-0.2, 0) is 6.42 Å². The van der Waals surface area contributed by atoms with Crippen molar-refractivity contribution in [2.75, 3.05) is 0 Å². The number of aromatic nitrogens is 2. The van der Waals surface area contributed by atoms with Crippen LogP contribution in [0, 0.1) is 0 Å². The summed E-state index contributed by atoms with van der Waals surface area (Å²) in [6.07, 6.45) is 0.621. The molecule has 5 heteroatoms. The SMILES string of the molecule is CCc1c([Se]c2ccccc2)[nH]c(=O)[nH]c1=O. The molecule has 0 radical (unpaired) electrons. The van der Waals surface area contributed by atoms with Gasteiger partial charge in [0.25, 0.3) is 0 Å². The van der Waals surface area contributed by atoms with Gasteiger partial charge in [-0.25, -0.2) is 0 Å². The van der Waals surface area contributed by atoms with E-state index >= 15 is 0 Å². The molecular weight excluding hydrogens is 283 g/mol. The summed E-state index contributed by atoms with van der Waals surface area (Å²) in [5.74, 6) is 0. The molecule has 0 unspecified atom stereocenters. The van der Waals surface area contributed by atoms with Crippen molar-refractivity contribution in [2.45, 2.75) is 13.3 Å². The first-order chi connectivity index (χ1) is 8.20. The van der Waals surface area contributed by atoms with Crippen LogP contribution >= 0.6 is 0 Å². The van der Waals surface area contributed by atoms with E-state index in [1.807, 2.05) is 37.3 Å². The predicted molar refractivity (Wildman–Crippen MR) is 68.5 cm³/mol. The van der Waals surface area contributed by atoms with Crippen LogP contribution in [0.1, 0.15) is 12.5 Å². The molecule has 0 bridgehead atoms. The number of rotatable bonds is 3. The average Bonchev–Trinajstić information content (AvgIpc) is 2.30. The fourth-order valence-corrected chi connectivity index (χ4v) is 3.67. The molecule has 4 nitrogen and oxygen atoms in total. The van der Waals surface area contributed by atoms with Crippen molar-refractivity contribution in [1.29, 1.82) is 0 Å². The third-order valence-corrected chi connectivity index (χ3v) is 4.54. The van der Waals surface area contributed by atoms with E-state index in [0.29, 0.717) is 12.0 Å². The van der Waals surface area contributed by atoms with Gasteiger partial charge in [-0.15, -0.1) is 0 Å². The molecule has 0 spiro atoms. The van der Waals surface area contributed by atoms with Gasteiger partial charge in [0.1, 0.15) is 0 Å². The predicted octanol–water partition coefficient (Wildman–Crippen LogP) is -0.719. The van der Waals surface area contributed by atoms with Gasteiger partial charge in [-0.1, -0.05) is 0 Å². The summed E-state index contributed by atoms with van der Waals surface area (Å²) >= 11 is -0.0416. The molecule has 0 amide bonds. The molecule has 0 saturated carbocycles. The van der Waals surface area contributed by atoms with Crippen LogP contribution < -0.4 is 20.3 Å². The Labute approximate surface area is 104 Å².